The third kappa shape index (κ3) is 3.21. The van der Waals surface area contributed by atoms with E-state index in [-0.39, 0.29) is 23.8 Å². The summed E-state index contributed by atoms with van der Waals surface area (Å²) in [4.78, 5) is 27.0. The molecule has 1 aromatic rings. The molecular formula is C19H24ClN3O3. The van der Waals surface area contributed by atoms with Gasteiger partial charge in [0.05, 0.1) is 29.7 Å². The van der Waals surface area contributed by atoms with Crippen molar-refractivity contribution in [1.82, 2.24) is 4.90 Å². The number of amides is 2. The van der Waals surface area contributed by atoms with E-state index < -0.39 is 0 Å². The second-order valence-electron chi connectivity index (χ2n) is 7.52. The second kappa shape index (κ2) is 7.18. The van der Waals surface area contributed by atoms with E-state index in [1.54, 1.807) is 23.1 Å². The topological polar surface area (TPSA) is 84.7 Å². The van der Waals surface area contributed by atoms with E-state index in [1.165, 1.54) is 0 Å². The van der Waals surface area contributed by atoms with Crippen molar-refractivity contribution in [3.8, 4) is 0 Å². The van der Waals surface area contributed by atoms with Gasteiger partial charge in [-0.05, 0) is 49.3 Å². The van der Waals surface area contributed by atoms with Crippen LogP contribution in [0.15, 0.2) is 18.2 Å². The average Bonchev–Trinajstić information content (AvgIpc) is 3.23. The van der Waals surface area contributed by atoms with Crippen LogP contribution in [-0.4, -0.2) is 49.1 Å². The number of carbonyl (C=O) groups is 2. The number of benzene rings is 1. The molecule has 0 aromatic heterocycles. The van der Waals surface area contributed by atoms with Gasteiger partial charge in [-0.1, -0.05) is 11.6 Å². The molecular weight excluding hydrogens is 354 g/mol. The minimum atomic E-state index is -0.123. The predicted molar refractivity (Wildman–Crippen MR) is 99.1 cm³/mol. The van der Waals surface area contributed by atoms with Gasteiger partial charge in [0.2, 0.25) is 5.91 Å². The SMILES string of the molecule is NC1C2CCC(C2)C1C(=O)Nc1ccc(C(=O)N2CCOCC2)c(Cl)c1. The van der Waals surface area contributed by atoms with Gasteiger partial charge in [-0.15, -0.1) is 0 Å². The molecule has 1 heterocycles. The van der Waals surface area contributed by atoms with Crippen LogP contribution in [0.5, 0.6) is 0 Å². The second-order valence-corrected chi connectivity index (χ2v) is 7.93. The van der Waals surface area contributed by atoms with Crippen LogP contribution in [-0.2, 0) is 9.53 Å². The van der Waals surface area contributed by atoms with E-state index in [0.717, 1.165) is 19.3 Å². The van der Waals surface area contributed by atoms with Crippen LogP contribution in [0.1, 0.15) is 29.6 Å². The van der Waals surface area contributed by atoms with Crippen molar-refractivity contribution < 1.29 is 14.3 Å². The molecule has 4 rings (SSSR count). The van der Waals surface area contributed by atoms with Crippen molar-refractivity contribution in [2.24, 2.45) is 23.5 Å². The first-order valence-electron chi connectivity index (χ1n) is 9.27. The summed E-state index contributed by atoms with van der Waals surface area (Å²) in [5, 5.41) is 3.28. The van der Waals surface area contributed by atoms with Gasteiger partial charge in [0, 0.05) is 24.8 Å². The minimum absolute atomic E-state index is 0.0342. The van der Waals surface area contributed by atoms with Gasteiger partial charge < -0.3 is 20.7 Å². The summed E-state index contributed by atoms with van der Waals surface area (Å²) in [6, 6.07) is 5.00. The third-order valence-corrected chi connectivity index (χ3v) is 6.36. The number of hydrogen-bond donors (Lipinski definition) is 2. The first kappa shape index (κ1) is 17.8. The first-order valence-corrected chi connectivity index (χ1v) is 9.65. The molecule has 1 aromatic carbocycles. The molecule has 2 amide bonds. The molecule has 2 saturated carbocycles. The van der Waals surface area contributed by atoms with Crippen molar-refractivity contribution in [2.75, 3.05) is 31.6 Å². The van der Waals surface area contributed by atoms with Crippen molar-refractivity contribution in [3.05, 3.63) is 28.8 Å². The number of nitrogens with one attached hydrogen (secondary N) is 1. The fourth-order valence-electron chi connectivity index (χ4n) is 4.65. The molecule has 0 spiro atoms. The Balaban J connectivity index is 1.44. The summed E-state index contributed by atoms with van der Waals surface area (Å²) in [7, 11) is 0. The maximum atomic E-state index is 12.7. The van der Waals surface area contributed by atoms with Gasteiger partial charge >= 0.3 is 0 Å². The van der Waals surface area contributed by atoms with Crippen LogP contribution in [0.3, 0.4) is 0 Å². The number of carbonyl (C=O) groups excluding carboxylic acids is 2. The van der Waals surface area contributed by atoms with E-state index >= 15 is 0 Å². The molecule has 4 unspecified atom stereocenters. The Morgan fingerprint density at radius 2 is 1.92 bits per heavy atom. The van der Waals surface area contributed by atoms with Crippen LogP contribution in [0.25, 0.3) is 0 Å². The Hall–Kier alpha value is -1.63. The van der Waals surface area contributed by atoms with E-state index in [9.17, 15) is 9.59 Å². The highest BCUT2D eigenvalue weighted by atomic mass is 35.5. The molecule has 1 aliphatic heterocycles. The highest BCUT2D eigenvalue weighted by Gasteiger charge is 2.49. The molecule has 2 aliphatic carbocycles. The number of nitrogens with two attached hydrogens (primary N) is 1. The number of hydrogen-bond acceptors (Lipinski definition) is 4. The van der Waals surface area contributed by atoms with Crippen LogP contribution >= 0.6 is 11.6 Å². The average molecular weight is 378 g/mol. The van der Waals surface area contributed by atoms with Gasteiger partial charge in [-0.2, -0.15) is 0 Å². The van der Waals surface area contributed by atoms with Crippen LogP contribution in [0.2, 0.25) is 5.02 Å². The lowest BCUT2D eigenvalue weighted by Gasteiger charge is -2.28. The zero-order valence-corrected chi connectivity index (χ0v) is 15.4. The Morgan fingerprint density at radius 1 is 1.19 bits per heavy atom. The molecule has 7 heteroatoms. The fraction of sp³-hybridized carbons (Fsp3) is 0.579. The van der Waals surface area contributed by atoms with Gasteiger partial charge in [0.25, 0.3) is 5.91 Å². The molecule has 2 bridgehead atoms. The standard InChI is InChI=1S/C19H24ClN3O3/c20-15-10-13(3-4-14(15)19(25)23-5-7-26-8-6-23)22-18(24)16-11-1-2-12(9-11)17(16)21/h3-4,10-12,16-17H,1-2,5-9,21H2,(H,22,24). The van der Waals surface area contributed by atoms with E-state index in [0.29, 0.717) is 54.4 Å². The Labute approximate surface area is 158 Å². The van der Waals surface area contributed by atoms with Crippen LogP contribution < -0.4 is 11.1 Å². The quantitative estimate of drug-likeness (QED) is 0.845. The fourth-order valence-corrected chi connectivity index (χ4v) is 4.91. The molecule has 1 saturated heterocycles. The number of morpholine rings is 1. The smallest absolute Gasteiger partial charge is 0.255 e. The van der Waals surface area contributed by atoms with Gasteiger partial charge in [0.15, 0.2) is 0 Å². The van der Waals surface area contributed by atoms with Crippen molar-refractivity contribution in [3.63, 3.8) is 0 Å². The number of nitrogens with zero attached hydrogens (tertiary/aromatic N) is 1. The Morgan fingerprint density at radius 3 is 2.58 bits per heavy atom. The maximum absolute atomic E-state index is 12.7. The summed E-state index contributed by atoms with van der Waals surface area (Å²) in [6.07, 6.45) is 3.29. The number of rotatable bonds is 3. The molecule has 3 N–H and O–H groups in total. The van der Waals surface area contributed by atoms with Crippen LogP contribution in [0.4, 0.5) is 5.69 Å². The maximum Gasteiger partial charge on any atom is 0.255 e. The van der Waals surface area contributed by atoms with E-state index in [1.807, 2.05) is 0 Å². The minimum Gasteiger partial charge on any atom is -0.378 e. The number of fused-ring (bicyclic) bond motifs is 2. The zero-order chi connectivity index (χ0) is 18.3. The molecule has 140 valence electrons. The van der Waals surface area contributed by atoms with Gasteiger partial charge in [0.1, 0.15) is 0 Å². The highest BCUT2D eigenvalue weighted by Crippen LogP contribution is 2.47. The summed E-state index contributed by atoms with van der Waals surface area (Å²) in [5.41, 5.74) is 7.30. The van der Waals surface area contributed by atoms with Crippen molar-refractivity contribution in [2.45, 2.75) is 25.3 Å². The molecule has 0 radical (unpaired) electrons. The van der Waals surface area contributed by atoms with Gasteiger partial charge in [-0.3, -0.25) is 9.59 Å². The van der Waals surface area contributed by atoms with Crippen molar-refractivity contribution >= 4 is 29.1 Å². The molecule has 3 fully saturated rings. The number of halogens is 1. The van der Waals surface area contributed by atoms with Crippen LogP contribution in [0, 0.1) is 17.8 Å². The lowest BCUT2D eigenvalue weighted by Crippen LogP contribution is -2.42. The lowest BCUT2D eigenvalue weighted by atomic mass is 9.84. The Bertz CT molecular complexity index is 718. The van der Waals surface area contributed by atoms with Crippen molar-refractivity contribution in [1.29, 1.82) is 0 Å². The number of anilines is 1. The Kier molecular flexibility index (Phi) is 4.90. The zero-order valence-electron chi connectivity index (χ0n) is 14.6. The number of ether oxygens (including phenoxy) is 1. The predicted octanol–water partition coefficient (Wildman–Crippen LogP) is 2.12. The largest absolute Gasteiger partial charge is 0.378 e. The molecule has 26 heavy (non-hydrogen) atoms. The molecule has 3 aliphatic rings. The first-order chi connectivity index (χ1) is 12.5. The monoisotopic (exact) mass is 377 g/mol. The summed E-state index contributed by atoms with van der Waals surface area (Å²) in [5.74, 6) is 0.613. The summed E-state index contributed by atoms with van der Waals surface area (Å²) in [6.45, 7) is 2.22. The normalized spacial score (nSPS) is 30.5. The van der Waals surface area contributed by atoms with E-state index in [2.05, 4.69) is 5.32 Å². The van der Waals surface area contributed by atoms with Gasteiger partial charge in [-0.25, -0.2) is 0 Å². The molecule has 4 atom stereocenters. The lowest BCUT2D eigenvalue weighted by molar-refractivity contribution is -0.121. The third-order valence-electron chi connectivity index (χ3n) is 6.05. The van der Waals surface area contributed by atoms with E-state index in [4.69, 9.17) is 22.1 Å². The summed E-state index contributed by atoms with van der Waals surface area (Å²) >= 11 is 6.32. The summed E-state index contributed by atoms with van der Waals surface area (Å²) < 4.78 is 5.27. The highest BCUT2D eigenvalue weighted by molar-refractivity contribution is 6.34. The molecule has 6 nitrogen and oxygen atoms in total.